The summed E-state index contributed by atoms with van der Waals surface area (Å²) in [6.07, 6.45) is 4.94. The van der Waals surface area contributed by atoms with Gasteiger partial charge in [-0.1, -0.05) is 63.6 Å². The molecule has 1 N–H and O–H groups in total. The Hall–Kier alpha value is -3.88. The SMILES string of the molecule is C/C=C(\C(=C/C)c1noc(=O)[nH]1)c1ccc(Cc2c(CCC)nc(C)n(CC(=O)C(C)(C)C)c2=O)c(F)c1. The number of hydrogen-bond donors (Lipinski definition) is 1. The van der Waals surface area contributed by atoms with Gasteiger partial charge in [-0.15, -0.1) is 0 Å². The van der Waals surface area contributed by atoms with E-state index in [1.54, 1.807) is 45.1 Å². The van der Waals surface area contributed by atoms with Crippen molar-refractivity contribution in [3.63, 3.8) is 0 Å². The molecule has 1 aromatic carbocycles. The number of nitrogens with zero attached hydrogens (tertiary/aromatic N) is 3. The molecule has 0 bridgehead atoms. The van der Waals surface area contributed by atoms with Crippen LogP contribution in [0, 0.1) is 18.2 Å². The molecule has 0 fully saturated rings. The molecule has 0 aliphatic carbocycles. The number of aromatic nitrogens is 4. The van der Waals surface area contributed by atoms with Crippen molar-refractivity contribution >= 4 is 16.9 Å². The second-order valence-corrected chi connectivity index (χ2v) is 10.2. The quantitative estimate of drug-likeness (QED) is 0.395. The normalized spacial score (nSPS) is 12.7. The Morgan fingerprint density at radius 1 is 1.16 bits per heavy atom. The number of benzene rings is 1. The van der Waals surface area contributed by atoms with Crippen LogP contribution in [-0.2, 0) is 24.2 Å². The number of halogens is 1. The molecule has 0 spiro atoms. The Bertz CT molecular complexity index is 1520. The monoisotopic (exact) mass is 522 g/mol. The summed E-state index contributed by atoms with van der Waals surface area (Å²) in [5.74, 6) is -0.527. The van der Waals surface area contributed by atoms with E-state index in [9.17, 15) is 14.4 Å². The highest BCUT2D eigenvalue weighted by atomic mass is 19.1. The lowest BCUT2D eigenvalue weighted by molar-refractivity contribution is -0.127. The van der Waals surface area contributed by atoms with Crippen LogP contribution >= 0.6 is 0 Å². The van der Waals surface area contributed by atoms with Crippen LogP contribution < -0.4 is 11.3 Å². The number of aryl methyl sites for hydroxylation is 2. The molecule has 0 saturated heterocycles. The summed E-state index contributed by atoms with van der Waals surface area (Å²) in [7, 11) is 0. The molecular formula is C29H35FN4O4. The van der Waals surface area contributed by atoms with E-state index in [-0.39, 0.29) is 30.1 Å². The molecular weight excluding hydrogens is 487 g/mol. The van der Waals surface area contributed by atoms with Crippen molar-refractivity contribution in [3.8, 4) is 0 Å². The maximum absolute atomic E-state index is 15.5. The summed E-state index contributed by atoms with van der Waals surface area (Å²) in [6.45, 7) is 12.6. The maximum Gasteiger partial charge on any atom is 0.439 e. The second-order valence-electron chi connectivity index (χ2n) is 10.2. The largest absolute Gasteiger partial charge is 0.439 e. The van der Waals surface area contributed by atoms with Crippen molar-refractivity contribution < 1.29 is 13.7 Å². The summed E-state index contributed by atoms with van der Waals surface area (Å²) >= 11 is 0. The van der Waals surface area contributed by atoms with E-state index in [4.69, 9.17) is 0 Å². The van der Waals surface area contributed by atoms with Gasteiger partial charge in [0.05, 0.1) is 12.2 Å². The minimum atomic E-state index is -0.680. The van der Waals surface area contributed by atoms with E-state index in [0.717, 1.165) is 6.42 Å². The number of Topliss-reactive ketones (excluding diaryl/α,β-unsaturated/α-hetero) is 1. The lowest BCUT2D eigenvalue weighted by Gasteiger charge is -2.20. The fraction of sp³-hybridized carbons (Fsp3) is 0.414. The van der Waals surface area contributed by atoms with Gasteiger partial charge in [-0.3, -0.25) is 23.7 Å². The first kappa shape index (κ1) is 28.7. The fourth-order valence-corrected chi connectivity index (χ4v) is 4.24. The average Bonchev–Trinajstić information content (AvgIpc) is 3.28. The first-order chi connectivity index (χ1) is 17.9. The Labute approximate surface area is 221 Å². The molecule has 0 aliphatic heterocycles. The van der Waals surface area contributed by atoms with Gasteiger partial charge in [-0.2, -0.15) is 0 Å². The van der Waals surface area contributed by atoms with E-state index in [0.29, 0.717) is 45.8 Å². The molecule has 3 aromatic rings. The standard InChI is InChI=1S/C29H35FN4O4/c1-8-11-24-22(27(36)34(17(4)31-24)16-25(35)29(5,6)7)14-19-13-12-18(15-23(19)30)20(9-2)21(10-3)26-32-28(37)38-33-26/h9-10,12-13,15H,8,11,14,16H2,1-7H3,(H,32,33,37)/b20-9-,21-10+. The molecule has 2 aromatic heterocycles. The van der Waals surface area contributed by atoms with Crippen molar-refractivity contribution in [1.82, 2.24) is 19.7 Å². The van der Waals surface area contributed by atoms with E-state index in [1.807, 2.05) is 27.7 Å². The zero-order chi connectivity index (χ0) is 28.2. The van der Waals surface area contributed by atoms with Crippen LogP contribution in [0.4, 0.5) is 4.39 Å². The first-order valence-electron chi connectivity index (χ1n) is 12.7. The number of hydrogen-bond acceptors (Lipinski definition) is 6. The zero-order valence-corrected chi connectivity index (χ0v) is 23.1. The van der Waals surface area contributed by atoms with Crippen LogP contribution in [0.5, 0.6) is 0 Å². The van der Waals surface area contributed by atoms with Gasteiger partial charge < -0.3 is 0 Å². The van der Waals surface area contributed by atoms with E-state index in [2.05, 4.69) is 19.6 Å². The molecule has 0 amide bonds. The van der Waals surface area contributed by atoms with Crippen molar-refractivity contribution in [2.75, 3.05) is 0 Å². The molecule has 0 radical (unpaired) electrons. The Morgan fingerprint density at radius 2 is 1.84 bits per heavy atom. The second kappa shape index (κ2) is 11.7. The van der Waals surface area contributed by atoms with Crippen molar-refractivity contribution in [1.29, 1.82) is 0 Å². The highest BCUT2D eigenvalue weighted by molar-refractivity contribution is 6.03. The van der Waals surface area contributed by atoms with Crippen LogP contribution in [0.15, 0.2) is 44.5 Å². The molecule has 3 rings (SSSR count). The molecule has 202 valence electrons. The number of carbonyl (C=O) groups is 1. The topological polar surface area (TPSA) is 111 Å². The maximum atomic E-state index is 15.5. The highest BCUT2D eigenvalue weighted by Crippen LogP contribution is 2.30. The third-order valence-corrected chi connectivity index (χ3v) is 6.46. The molecule has 0 unspecified atom stereocenters. The molecule has 2 heterocycles. The van der Waals surface area contributed by atoms with E-state index < -0.39 is 17.0 Å². The zero-order valence-electron chi connectivity index (χ0n) is 23.1. The summed E-state index contributed by atoms with van der Waals surface area (Å²) in [6, 6.07) is 4.81. The van der Waals surface area contributed by atoms with Crippen LogP contribution in [0.1, 0.15) is 82.0 Å². The van der Waals surface area contributed by atoms with Crippen molar-refractivity contribution in [2.24, 2.45) is 5.41 Å². The minimum absolute atomic E-state index is 0.0511. The number of allylic oxidation sites excluding steroid dienone is 4. The predicted octanol–water partition coefficient (Wildman–Crippen LogP) is 5.03. The Balaban J connectivity index is 2.02. The predicted molar refractivity (Wildman–Crippen MR) is 145 cm³/mol. The summed E-state index contributed by atoms with van der Waals surface area (Å²) in [5.41, 5.74) is 2.27. The van der Waals surface area contributed by atoms with Gasteiger partial charge in [0, 0.05) is 23.0 Å². The molecule has 0 saturated carbocycles. The van der Waals surface area contributed by atoms with Crippen LogP contribution in [0.2, 0.25) is 0 Å². The molecule has 0 aliphatic rings. The molecule has 38 heavy (non-hydrogen) atoms. The fourth-order valence-electron chi connectivity index (χ4n) is 4.24. The van der Waals surface area contributed by atoms with Gasteiger partial charge in [0.2, 0.25) is 0 Å². The lowest BCUT2D eigenvalue weighted by atomic mass is 9.90. The van der Waals surface area contributed by atoms with Gasteiger partial charge >= 0.3 is 5.76 Å². The summed E-state index contributed by atoms with van der Waals surface area (Å²) < 4.78 is 21.5. The Kier molecular flexibility index (Phi) is 8.81. The third-order valence-electron chi connectivity index (χ3n) is 6.46. The van der Waals surface area contributed by atoms with E-state index in [1.165, 1.54) is 10.6 Å². The Morgan fingerprint density at radius 3 is 2.37 bits per heavy atom. The van der Waals surface area contributed by atoms with Gasteiger partial charge in [-0.25, -0.2) is 14.2 Å². The first-order valence-corrected chi connectivity index (χ1v) is 12.7. The smallest absolute Gasteiger partial charge is 0.297 e. The number of aromatic amines is 1. The van der Waals surface area contributed by atoms with Gasteiger partial charge in [0.25, 0.3) is 5.56 Å². The lowest BCUT2D eigenvalue weighted by Crippen LogP contribution is -2.35. The van der Waals surface area contributed by atoms with Crippen LogP contribution in [0.25, 0.3) is 11.1 Å². The van der Waals surface area contributed by atoms with Crippen molar-refractivity contribution in [3.05, 3.63) is 91.1 Å². The minimum Gasteiger partial charge on any atom is -0.297 e. The van der Waals surface area contributed by atoms with Crippen LogP contribution in [0.3, 0.4) is 0 Å². The molecule has 9 heteroatoms. The van der Waals surface area contributed by atoms with Gasteiger partial charge in [-0.05, 0) is 50.0 Å². The number of ketones is 1. The number of H-pyrrole nitrogens is 1. The third kappa shape index (κ3) is 6.15. The summed E-state index contributed by atoms with van der Waals surface area (Å²) in [4.78, 5) is 44.9. The number of carbonyl (C=O) groups excluding carboxylic acids is 1. The summed E-state index contributed by atoms with van der Waals surface area (Å²) in [5, 5.41) is 3.75. The van der Waals surface area contributed by atoms with Gasteiger partial charge in [0.1, 0.15) is 11.6 Å². The molecule has 8 nitrogen and oxygen atoms in total. The number of rotatable bonds is 9. The number of nitrogens with one attached hydrogen (secondary N) is 1. The van der Waals surface area contributed by atoms with E-state index >= 15 is 4.39 Å². The highest BCUT2D eigenvalue weighted by Gasteiger charge is 2.24. The van der Waals surface area contributed by atoms with Crippen LogP contribution in [-0.4, -0.2) is 25.5 Å². The van der Waals surface area contributed by atoms with Crippen molar-refractivity contribution in [2.45, 2.75) is 74.3 Å². The van der Waals surface area contributed by atoms with Gasteiger partial charge in [0.15, 0.2) is 11.6 Å². The molecule has 0 atom stereocenters. The average molecular weight is 523 g/mol.